The van der Waals surface area contributed by atoms with Crippen LogP contribution in [0.2, 0.25) is 0 Å². The zero-order chi connectivity index (χ0) is 11.1. The predicted molar refractivity (Wildman–Crippen MR) is 50.4 cm³/mol. The third-order valence-corrected chi connectivity index (χ3v) is 1.51. The molecule has 0 bridgehead atoms. The van der Waals surface area contributed by atoms with E-state index in [9.17, 15) is 9.59 Å². The van der Waals surface area contributed by atoms with Gasteiger partial charge in [0.25, 0.3) is 0 Å². The monoisotopic (exact) mass is 196 g/mol. The molecule has 14 heavy (non-hydrogen) atoms. The molecule has 0 saturated heterocycles. The van der Waals surface area contributed by atoms with Crippen molar-refractivity contribution in [1.29, 1.82) is 0 Å². The van der Waals surface area contributed by atoms with Crippen molar-refractivity contribution in [3.8, 4) is 0 Å². The SMILES string of the molecule is C=C=C(CC(=C)C(=O)OC)C(=O)OC. The number of esters is 2. The van der Waals surface area contributed by atoms with Crippen LogP contribution in [0.25, 0.3) is 0 Å². The average Bonchev–Trinajstić information content (AvgIpc) is 2.22. The molecule has 0 spiro atoms. The number of carbonyl (C=O) groups is 2. The summed E-state index contributed by atoms with van der Waals surface area (Å²) in [5.41, 5.74) is 2.70. The molecule has 4 nitrogen and oxygen atoms in total. The van der Waals surface area contributed by atoms with Crippen LogP contribution in [-0.2, 0) is 19.1 Å². The second kappa shape index (κ2) is 5.78. The average molecular weight is 196 g/mol. The van der Waals surface area contributed by atoms with Crippen molar-refractivity contribution in [1.82, 2.24) is 0 Å². The van der Waals surface area contributed by atoms with Crippen LogP contribution in [0, 0.1) is 0 Å². The van der Waals surface area contributed by atoms with Gasteiger partial charge in [-0.25, -0.2) is 9.59 Å². The largest absolute Gasteiger partial charge is 0.466 e. The van der Waals surface area contributed by atoms with Crippen LogP contribution in [-0.4, -0.2) is 26.2 Å². The molecule has 0 rings (SSSR count). The van der Waals surface area contributed by atoms with Gasteiger partial charge in [0.1, 0.15) is 0 Å². The highest BCUT2D eigenvalue weighted by Crippen LogP contribution is 2.10. The minimum absolute atomic E-state index is 0.0306. The maximum Gasteiger partial charge on any atom is 0.341 e. The first kappa shape index (κ1) is 12.2. The number of carbonyl (C=O) groups excluding carboxylic acids is 2. The smallest absolute Gasteiger partial charge is 0.341 e. The molecule has 0 heterocycles. The van der Waals surface area contributed by atoms with Crippen LogP contribution >= 0.6 is 0 Å². The number of methoxy groups -OCH3 is 2. The van der Waals surface area contributed by atoms with Crippen molar-refractivity contribution in [3.63, 3.8) is 0 Å². The van der Waals surface area contributed by atoms with Gasteiger partial charge in [-0.15, -0.1) is 5.73 Å². The third kappa shape index (κ3) is 3.29. The summed E-state index contributed by atoms with van der Waals surface area (Å²) in [6.45, 7) is 6.77. The Morgan fingerprint density at radius 2 is 1.71 bits per heavy atom. The van der Waals surface area contributed by atoms with Crippen LogP contribution in [0.15, 0.2) is 30.0 Å². The van der Waals surface area contributed by atoms with E-state index in [-0.39, 0.29) is 17.6 Å². The van der Waals surface area contributed by atoms with Gasteiger partial charge in [0.15, 0.2) is 0 Å². The van der Waals surface area contributed by atoms with E-state index in [4.69, 9.17) is 0 Å². The van der Waals surface area contributed by atoms with Gasteiger partial charge in [0.2, 0.25) is 0 Å². The van der Waals surface area contributed by atoms with E-state index in [1.165, 1.54) is 14.2 Å². The van der Waals surface area contributed by atoms with Gasteiger partial charge in [-0.1, -0.05) is 13.2 Å². The Bertz CT molecular complexity index is 308. The van der Waals surface area contributed by atoms with Crippen LogP contribution in [0.1, 0.15) is 6.42 Å². The Balaban J connectivity index is 4.51. The molecule has 76 valence electrons. The lowest BCUT2D eigenvalue weighted by atomic mass is 10.1. The van der Waals surface area contributed by atoms with E-state index in [2.05, 4.69) is 28.4 Å². The maximum atomic E-state index is 11.0. The van der Waals surface area contributed by atoms with E-state index in [1.54, 1.807) is 0 Å². The summed E-state index contributed by atoms with van der Waals surface area (Å²) in [6, 6.07) is 0. The second-order valence-corrected chi connectivity index (χ2v) is 2.42. The third-order valence-electron chi connectivity index (χ3n) is 1.51. The fourth-order valence-electron chi connectivity index (χ4n) is 0.760. The Morgan fingerprint density at radius 3 is 2.07 bits per heavy atom. The highest BCUT2D eigenvalue weighted by molar-refractivity contribution is 5.94. The van der Waals surface area contributed by atoms with Crippen molar-refractivity contribution in [2.24, 2.45) is 0 Å². The summed E-state index contributed by atoms with van der Waals surface area (Å²) in [5.74, 6) is -1.15. The van der Waals surface area contributed by atoms with Crippen LogP contribution in [0.4, 0.5) is 0 Å². The first-order valence-electron chi connectivity index (χ1n) is 3.80. The zero-order valence-electron chi connectivity index (χ0n) is 8.25. The Hall–Kier alpha value is -1.80. The topological polar surface area (TPSA) is 52.6 Å². The first-order chi connectivity index (χ1) is 6.56. The van der Waals surface area contributed by atoms with Crippen molar-refractivity contribution in [2.45, 2.75) is 6.42 Å². The maximum absolute atomic E-state index is 11.0. The lowest BCUT2D eigenvalue weighted by Crippen LogP contribution is -2.09. The number of hydrogen-bond donors (Lipinski definition) is 0. The number of rotatable bonds is 4. The normalized spacial score (nSPS) is 8.43. The minimum Gasteiger partial charge on any atom is -0.466 e. The molecule has 0 fully saturated rings. The van der Waals surface area contributed by atoms with Crippen molar-refractivity contribution >= 4 is 11.9 Å². The van der Waals surface area contributed by atoms with E-state index in [0.717, 1.165) is 0 Å². The summed E-state index contributed by atoms with van der Waals surface area (Å²) >= 11 is 0. The van der Waals surface area contributed by atoms with Gasteiger partial charge >= 0.3 is 11.9 Å². The molecular weight excluding hydrogens is 184 g/mol. The van der Waals surface area contributed by atoms with Crippen molar-refractivity contribution in [2.75, 3.05) is 14.2 Å². The van der Waals surface area contributed by atoms with E-state index in [1.807, 2.05) is 0 Å². The molecule has 0 radical (unpaired) electrons. The second-order valence-electron chi connectivity index (χ2n) is 2.42. The molecule has 0 aromatic heterocycles. The molecule has 0 amide bonds. The zero-order valence-corrected chi connectivity index (χ0v) is 8.25. The molecule has 0 aromatic rings. The molecule has 0 aliphatic carbocycles. The van der Waals surface area contributed by atoms with Gasteiger partial charge in [0, 0.05) is 12.0 Å². The molecule has 0 unspecified atom stereocenters. The summed E-state index contributed by atoms with van der Waals surface area (Å²) in [6.07, 6.45) is 0.0306. The lowest BCUT2D eigenvalue weighted by molar-refractivity contribution is -0.136. The van der Waals surface area contributed by atoms with Crippen molar-refractivity contribution in [3.05, 3.63) is 30.0 Å². The quantitative estimate of drug-likeness (QED) is 0.382. The molecule has 0 aliphatic heterocycles. The molecule has 0 saturated carbocycles. The highest BCUT2D eigenvalue weighted by Gasteiger charge is 2.14. The summed E-state index contributed by atoms with van der Waals surface area (Å²) < 4.78 is 8.86. The van der Waals surface area contributed by atoms with E-state index < -0.39 is 11.9 Å². The van der Waals surface area contributed by atoms with Gasteiger partial charge in [-0.2, -0.15) is 0 Å². The van der Waals surface area contributed by atoms with E-state index >= 15 is 0 Å². The summed E-state index contributed by atoms with van der Waals surface area (Å²) in [5, 5.41) is 0. The van der Waals surface area contributed by atoms with Crippen LogP contribution < -0.4 is 0 Å². The molecule has 0 N–H and O–H groups in total. The van der Waals surface area contributed by atoms with Crippen molar-refractivity contribution < 1.29 is 19.1 Å². The Morgan fingerprint density at radius 1 is 1.21 bits per heavy atom. The Labute approximate surface area is 82.5 Å². The molecule has 0 aromatic carbocycles. The van der Waals surface area contributed by atoms with Crippen LogP contribution in [0.5, 0.6) is 0 Å². The molecular formula is C10H12O4. The fourth-order valence-corrected chi connectivity index (χ4v) is 0.760. The number of ether oxygens (including phenoxy) is 2. The highest BCUT2D eigenvalue weighted by atomic mass is 16.5. The summed E-state index contributed by atoms with van der Waals surface area (Å²) in [7, 11) is 2.48. The van der Waals surface area contributed by atoms with Gasteiger partial charge in [-0.05, 0) is 0 Å². The minimum atomic E-state index is -0.579. The van der Waals surface area contributed by atoms with Gasteiger partial charge in [-0.3, -0.25) is 0 Å². The lowest BCUT2D eigenvalue weighted by Gasteiger charge is -2.04. The summed E-state index contributed by atoms with van der Waals surface area (Å²) in [4.78, 5) is 22.0. The standard InChI is InChI=1S/C10H12O4/c1-5-8(10(12)14-4)6-7(2)9(11)13-3/h1-2,6H2,3-4H3. The number of hydrogen-bond acceptors (Lipinski definition) is 4. The van der Waals surface area contributed by atoms with Gasteiger partial charge in [0.05, 0.1) is 19.8 Å². The van der Waals surface area contributed by atoms with Crippen LogP contribution in [0.3, 0.4) is 0 Å². The first-order valence-corrected chi connectivity index (χ1v) is 3.80. The molecule has 0 aliphatic rings. The van der Waals surface area contributed by atoms with E-state index in [0.29, 0.717) is 0 Å². The van der Waals surface area contributed by atoms with Gasteiger partial charge < -0.3 is 9.47 Å². The predicted octanol–water partition coefficient (Wildman–Crippen LogP) is 0.990. The molecule has 0 atom stereocenters. The fraction of sp³-hybridized carbons (Fsp3) is 0.300. The molecule has 4 heteroatoms. The Kier molecular flexibility index (Phi) is 5.04.